The van der Waals surface area contributed by atoms with Crippen molar-refractivity contribution in [3.8, 4) is 0 Å². The van der Waals surface area contributed by atoms with E-state index in [1.807, 2.05) is 12.7 Å². The van der Waals surface area contributed by atoms with Crippen LogP contribution in [0.3, 0.4) is 0 Å². The van der Waals surface area contributed by atoms with E-state index in [0.717, 1.165) is 12.5 Å². The van der Waals surface area contributed by atoms with E-state index >= 15 is 0 Å². The number of hydrogen-bond donors (Lipinski definition) is 0. The van der Waals surface area contributed by atoms with Crippen molar-refractivity contribution >= 4 is 0 Å². The molecule has 1 spiro atoms. The van der Waals surface area contributed by atoms with Gasteiger partial charge in [0.05, 0.1) is 6.61 Å². The van der Waals surface area contributed by atoms with Gasteiger partial charge in [-0.3, -0.25) is 0 Å². The van der Waals surface area contributed by atoms with Gasteiger partial charge < -0.3 is 4.74 Å². The van der Waals surface area contributed by atoms with E-state index in [1.165, 1.54) is 38.5 Å². The van der Waals surface area contributed by atoms with Crippen molar-refractivity contribution in [3.05, 3.63) is 11.1 Å². The molecule has 2 fully saturated rings. The largest absolute Gasteiger partial charge is 0.384 e. The summed E-state index contributed by atoms with van der Waals surface area (Å²) in [6.45, 7) is 13.4. The number of methoxy groups -OCH3 is 1. The van der Waals surface area contributed by atoms with E-state index in [4.69, 9.17) is 4.74 Å². The maximum atomic E-state index is 5.56. The molecule has 0 aliphatic heterocycles. The average molecular weight is 290 g/mol. The predicted octanol–water partition coefficient (Wildman–Crippen LogP) is 5.60. The molecule has 3 aliphatic carbocycles. The Morgan fingerprint density at radius 1 is 1.19 bits per heavy atom. The highest BCUT2D eigenvalue weighted by Crippen LogP contribution is 2.75. The first-order valence-corrected chi connectivity index (χ1v) is 9.03. The molecule has 2 bridgehead atoms. The first kappa shape index (κ1) is 15.6. The van der Waals surface area contributed by atoms with Gasteiger partial charge in [0.25, 0.3) is 0 Å². The fourth-order valence-electron chi connectivity index (χ4n) is 6.27. The van der Waals surface area contributed by atoms with E-state index in [0.29, 0.717) is 22.2 Å². The van der Waals surface area contributed by atoms with Crippen LogP contribution in [0.2, 0.25) is 0 Å². The van der Waals surface area contributed by atoms with Crippen LogP contribution in [-0.4, -0.2) is 13.7 Å². The van der Waals surface area contributed by atoms with Crippen LogP contribution in [0.25, 0.3) is 0 Å². The second-order valence-electron chi connectivity index (χ2n) is 9.09. The summed E-state index contributed by atoms with van der Waals surface area (Å²) in [7, 11) is 1.86. The summed E-state index contributed by atoms with van der Waals surface area (Å²) in [6.07, 6.45) is 8.25. The van der Waals surface area contributed by atoms with Crippen LogP contribution >= 0.6 is 0 Å². The summed E-state index contributed by atoms with van der Waals surface area (Å²) in [5, 5.41) is 0. The molecule has 3 aliphatic rings. The van der Waals surface area contributed by atoms with Crippen molar-refractivity contribution in [2.45, 2.75) is 73.1 Å². The lowest BCUT2D eigenvalue weighted by molar-refractivity contribution is 0.0763. The molecule has 0 aromatic heterocycles. The summed E-state index contributed by atoms with van der Waals surface area (Å²) in [5.74, 6) is 1.57. The minimum Gasteiger partial charge on any atom is -0.384 e. The minimum atomic E-state index is 0.423. The lowest BCUT2D eigenvalue weighted by Crippen LogP contribution is -2.44. The predicted molar refractivity (Wildman–Crippen MR) is 89.3 cm³/mol. The summed E-state index contributed by atoms with van der Waals surface area (Å²) in [6, 6.07) is 0. The Morgan fingerprint density at radius 2 is 1.90 bits per heavy atom. The van der Waals surface area contributed by atoms with Crippen molar-refractivity contribution in [1.29, 1.82) is 0 Å². The molecule has 0 N–H and O–H groups in total. The Morgan fingerprint density at radius 3 is 2.52 bits per heavy atom. The second-order valence-corrected chi connectivity index (χ2v) is 9.09. The molecule has 3 atom stereocenters. The summed E-state index contributed by atoms with van der Waals surface area (Å²) >= 11 is 0. The summed E-state index contributed by atoms with van der Waals surface area (Å²) in [5.41, 5.74) is 5.10. The van der Waals surface area contributed by atoms with Gasteiger partial charge in [-0.2, -0.15) is 0 Å². The molecule has 1 nitrogen and oxygen atoms in total. The van der Waals surface area contributed by atoms with E-state index in [1.54, 1.807) is 5.57 Å². The normalized spacial score (nSPS) is 37.7. The number of fused-ring (bicyclic) bond motifs is 1. The van der Waals surface area contributed by atoms with E-state index in [-0.39, 0.29) is 0 Å². The molecule has 0 heterocycles. The van der Waals surface area contributed by atoms with Crippen LogP contribution in [0, 0.1) is 28.1 Å². The van der Waals surface area contributed by atoms with Crippen LogP contribution < -0.4 is 0 Å². The van der Waals surface area contributed by atoms with Gasteiger partial charge in [-0.25, -0.2) is 0 Å². The van der Waals surface area contributed by atoms with Crippen molar-refractivity contribution in [2.24, 2.45) is 28.1 Å². The van der Waals surface area contributed by atoms with Crippen molar-refractivity contribution in [1.82, 2.24) is 0 Å². The van der Waals surface area contributed by atoms with Gasteiger partial charge in [0.15, 0.2) is 0 Å². The van der Waals surface area contributed by atoms with Crippen LogP contribution in [0.15, 0.2) is 11.1 Å². The molecule has 120 valence electrons. The molecular weight excluding hydrogens is 256 g/mol. The van der Waals surface area contributed by atoms with E-state index < -0.39 is 0 Å². The van der Waals surface area contributed by atoms with Crippen LogP contribution in [0.1, 0.15) is 73.1 Å². The summed E-state index contributed by atoms with van der Waals surface area (Å²) in [4.78, 5) is 0. The van der Waals surface area contributed by atoms with Gasteiger partial charge >= 0.3 is 0 Å². The van der Waals surface area contributed by atoms with E-state index in [9.17, 15) is 0 Å². The number of allylic oxidation sites excluding steroid dienone is 1. The van der Waals surface area contributed by atoms with Gasteiger partial charge in [-0.15, -0.1) is 0 Å². The Kier molecular flexibility index (Phi) is 3.60. The molecule has 0 saturated heterocycles. The molecular formula is C20H34O. The quantitative estimate of drug-likeness (QED) is 0.612. The van der Waals surface area contributed by atoms with Gasteiger partial charge in [0, 0.05) is 13.0 Å². The van der Waals surface area contributed by atoms with Gasteiger partial charge in [0.1, 0.15) is 0 Å². The molecule has 3 unspecified atom stereocenters. The van der Waals surface area contributed by atoms with Gasteiger partial charge in [-0.05, 0) is 60.7 Å². The molecule has 0 amide bonds. The smallest absolute Gasteiger partial charge is 0.0527 e. The zero-order chi connectivity index (χ0) is 15.5. The minimum absolute atomic E-state index is 0.423. The molecule has 2 saturated carbocycles. The third-order valence-electron chi connectivity index (χ3n) is 7.65. The van der Waals surface area contributed by atoms with Crippen molar-refractivity contribution in [2.75, 3.05) is 13.7 Å². The topological polar surface area (TPSA) is 9.23 Å². The highest BCUT2D eigenvalue weighted by atomic mass is 16.5. The fourth-order valence-corrected chi connectivity index (χ4v) is 6.27. The Bertz CT molecular complexity index is 456. The molecule has 0 radical (unpaired) electrons. The van der Waals surface area contributed by atoms with Gasteiger partial charge in [-0.1, -0.05) is 45.8 Å². The summed E-state index contributed by atoms with van der Waals surface area (Å²) < 4.78 is 5.56. The maximum absolute atomic E-state index is 5.56. The average Bonchev–Trinajstić information content (AvgIpc) is 2.94. The molecule has 1 heteroatoms. The lowest BCUT2D eigenvalue weighted by atomic mass is 9.51. The van der Waals surface area contributed by atoms with Crippen molar-refractivity contribution in [3.63, 3.8) is 0 Å². The Balaban J connectivity index is 2.14. The van der Waals surface area contributed by atoms with E-state index in [2.05, 4.69) is 34.6 Å². The lowest BCUT2D eigenvalue weighted by Gasteiger charge is -2.54. The maximum Gasteiger partial charge on any atom is 0.0527 e. The molecule has 0 aromatic rings. The third kappa shape index (κ3) is 1.92. The number of hydrogen-bond acceptors (Lipinski definition) is 1. The highest BCUT2D eigenvalue weighted by Gasteiger charge is 2.65. The number of ether oxygens (including phenoxy) is 1. The third-order valence-corrected chi connectivity index (χ3v) is 7.65. The first-order valence-electron chi connectivity index (χ1n) is 9.03. The first-order chi connectivity index (χ1) is 9.80. The van der Waals surface area contributed by atoms with Gasteiger partial charge in [0.2, 0.25) is 0 Å². The highest BCUT2D eigenvalue weighted by molar-refractivity contribution is 5.42. The van der Waals surface area contributed by atoms with Crippen LogP contribution in [0.5, 0.6) is 0 Å². The SMILES string of the molecule is CCC(COC)C1=C2C(C)(C)C3CCC2(C3)C(C)(C)CC1. The monoisotopic (exact) mass is 290 g/mol. The zero-order valence-electron chi connectivity index (χ0n) is 15.0. The van der Waals surface area contributed by atoms with Crippen LogP contribution in [-0.2, 0) is 4.74 Å². The second kappa shape index (κ2) is 4.85. The standard InChI is InChI=1S/C20H34O/c1-7-14(13-21-6)16-9-10-18(2,3)20-11-8-15(12-20)19(4,5)17(16)20/h14-15H,7-13H2,1-6H3. The molecule has 0 aromatic carbocycles. The fraction of sp³-hybridized carbons (Fsp3) is 0.900. The van der Waals surface area contributed by atoms with Crippen molar-refractivity contribution < 1.29 is 4.74 Å². The molecule has 3 rings (SSSR count). The zero-order valence-corrected chi connectivity index (χ0v) is 15.0. The Labute approximate surface area is 131 Å². The molecule has 21 heavy (non-hydrogen) atoms. The van der Waals surface area contributed by atoms with Crippen LogP contribution in [0.4, 0.5) is 0 Å². The number of rotatable bonds is 4. The Hall–Kier alpha value is -0.300.